The molecule has 0 atom stereocenters. The van der Waals surface area contributed by atoms with Crippen molar-refractivity contribution in [2.45, 2.75) is 13.2 Å². The molecule has 7 heteroatoms. The van der Waals surface area contributed by atoms with Crippen LogP contribution in [0.2, 0.25) is 0 Å². The molecule has 0 bridgehead atoms. The van der Waals surface area contributed by atoms with Crippen molar-refractivity contribution in [2.75, 3.05) is 12.8 Å². The summed E-state index contributed by atoms with van der Waals surface area (Å²) in [4.78, 5) is 10.1. The van der Waals surface area contributed by atoms with Gasteiger partial charge in [0.1, 0.15) is 6.20 Å². The molecule has 0 aliphatic rings. The summed E-state index contributed by atoms with van der Waals surface area (Å²) in [5.74, 6) is 0.0611. The average Bonchev–Trinajstić information content (AvgIpc) is 2.74. The van der Waals surface area contributed by atoms with E-state index in [1.165, 1.54) is 4.68 Å². The molecular formula is C12H14N4O3. The molecule has 1 aromatic carbocycles. The molecule has 0 unspecified atom stereocenters. The molecule has 0 radical (unpaired) electrons. The summed E-state index contributed by atoms with van der Waals surface area (Å²) in [5, 5.41) is 14.6. The molecule has 0 saturated heterocycles. The number of benzene rings is 1. The molecule has 100 valence electrons. The van der Waals surface area contributed by atoms with Crippen LogP contribution in [0.4, 0.5) is 11.5 Å². The molecule has 0 spiro atoms. The Balaban J connectivity index is 2.15. The number of anilines is 1. The van der Waals surface area contributed by atoms with Gasteiger partial charge in [0.05, 0.1) is 18.1 Å². The molecular weight excluding hydrogens is 248 g/mol. The van der Waals surface area contributed by atoms with E-state index in [1.54, 1.807) is 7.11 Å². The van der Waals surface area contributed by atoms with Crippen LogP contribution >= 0.6 is 0 Å². The monoisotopic (exact) mass is 262 g/mol. The fourth-order valence-electron chi connectivity index (χ4n) is 1.73. The number of methoxy groups -OCH3 is 1. The van der Waals surface area contributed by atoms with Gasteiger partial charge in [-0.3, -0.25) is 10.1 Å². The second kappa shape index (κ2) is 5.49. The molecule has 19 heavy (non-hydrogen) atoms. The predicted molar refractivity (Wildman–Crippen MR) is 69.6 cm³/mol. The summed E-state index contributed by atoms with van der Waals surface area (Å²) < 4.78 is 6.43. The van der Waals surface area contributed by atoms with E-state index in [2.05, 4.69) is 5.10 Å². The first kappa shape index (κ1) is 13.0. The third-order valence-corrected chi connectivity index (χ3v) is 2.72. The highest BCUT2D eigenvalue weighted by Gasteiger charge is 2.17. The maximum atomic E-state index is 10.7. The Morgan fingerprint density at radius 3 is 2.53 bits per heavy atom. The lowest BCUT2D eigenvalue weighted by Crippen LogP contribution is -2.06. The van der Waals surface area contributed by atoms with E-state index < -0.39 is 4.92 Å². The standard InChI is InChI=1S/C12H14N4O3/c1-19-8-10-4-2-9(3-5-10)7-15-12(13)11(6-14-15)16(17)18/h2-6H,7-8,13H2,1H3. The summed E-state index contributed by atoms with van der Waals surface area (Å²) in [6.07, 6.45) is 1.16. The molecule has 0 amide bonds. The number of nitrogens with zero attached hydrogens (tertiary/aromatic N) is 3. The summed E-state index contributed by atoms with van der Waals surface area (Å²) >= 11 is 0. The van der Waals surface area contributed by atoms with Gasteiger partial charge in [-0.25, -0.2) is 4.68 Å². The lowest BCUT2D eigenvalue weighted by atomic mass is 10.1. The van der Waals surface area contributed by atoms with Crippen LogP contribution in [0.1, 0.15) is 11.1 Å². The van der Waals surface area contributed by atoms with Crippen LogP contribution in [-0.2, 0) is 17.9 Å². The van der Waals surface area contributed by atoms with Crippen LogP contribution in [0, 0.1) is 10.1 Å². The zero-order valence-electron chi connectivity index (χ0n) is 10.4. The van der Waals surface area contributed by atoms with E-state index in [-0.39, 0.29) is 11.5 Å². The predicted octanol–water partition coefficient (Wildman–Crippen LogP) is 1.57. The summed E-state index contributed by atoms with van der Waals surface area (Å²) in [6, 6.07) is 7.71. The summed E-state index contributed by atoms with van der Waals surface area (Å²) in [6.45, 7) is 0.947. The van der Waals surface area contributed by atoms with Crippen molar-refractivity contribution >= 4 is 11.5 Å². The quantitative estimate of drug-likeness (QED) is 0.651. The molecule has 7 nitrogen and oxygen atoms in total. The third kappa shape index (κ3) is 2.89. The number of rotatable bonds is 5. The van der Waals surface area contributed by atoms with Crippen LogP contribution in [0.25, 0.3) is 0 Å². The maximum absolute atomic E-state index is 10.7. The van der Waals surface area contributed by atoms with Crippen LogP contribution in [0.5, 0.6) is 0 Å². The van der Waals surface area contributed by atoms with Gasteiger partial charge in [0.2, 0.25) is 5.82 Å². The van der Waals surface area contributed by atoms with E-state index in [4.69, 9.17) is 10.5 Å². The number of nitro groups is 1. The van der Waals surface area contributed by atoms with Crippen LogP contribution in [0.3, 0.4) is 0 Å². The molecule has 2 aromatic rings. The minimum Gasteiger partial charge on any atom is -0.380 e. The average molecular weight is 262 g/mol. The van der Waals surface area contributed by atoms with Gasteiger partial charge in [-0.2, -0.15) is 5.10 Å². The normalized spacial score (nSPS) is 10.6. The smallest absolute Gasteiger partial charge is 0.330 e. The lowest BCUT2D eigenvalue weighted by molar-refractivity contribution is -0.384. The second-order valence-electron chi connectivity index (χ2n) is 4.08. The van der Waals surface area contributed by atoms with Gasteiger partial charge >= 0.3 is 5.69 Å². The number of nitrogen functional groups attached to an aromatic ring is 1. The number of nitrogens with two attached hydrogens (primary N) is 1. The Kier molecular flexibility index (Phi) is 3.76. The second-order valence-corrected chi connectivity index (χ2v) is 4.08. The number of ether oxygens (including phenoxy) is 1. The fourth-order valence-corrected chi connectivity index (χ4v) is 1.73. The first-order valence-corrected chi connectivity index (χ1v) is 5.64. The van der Waals surface area contributed by atoms with Gasteiger partial charge in [0.25, 0.3) is 0 Å². The van der Waals surface area contributed by atoms with Gasteiger partial charge in [0, 0.05) is 7.11 Å². The van der Waals surface area contributed by atoms with E-state index in [0.29, 0.717) is 13.2 Å². The van der Waals surface area contributed by atoms with Crippen molar-refractivity contribution in [3.05, 3.63) is 51.7 Å². The Hall–Kier alpha value is -2.41. The molecule has 0 aliphatic carbocycles. The van der Waals surface area contributed by atoms with Gasteiger partial charge in [-0.1, -0.05) is 24.3 Å². The zero-order valence-corrected chi connectivity index (χ0v) is 10.4. The van der Waals surface area contributed by atoms with Gasteiger partial charge in [0.15, 0.2) is 0 Å². The molecule has 2 rings (SSSR count). The van der Waals surface area contributed by atoms with Gasteiger partial charge in [-0.05, 0) is 11.1 Å². The van der Waals surface area contributed by atoms with Crippen molar-refractivity contribution in [1.82, 2.24) is 9.78 Å². The Bertz CT molecular complexity index is 577. The molecule has 1 aromatic heterocycles. The van der Waals surface area contributed by atoms with Crippen LogP contribution in [0.15, 0.2) is 30.5 Å². The van der Waals surface area contributed by atoms with Crippen molar-refractivity contribution in [3.63, 3.8) is 0 Å². The molecule has 0 fully saturated rings. The van der Waals surface area contributed by atoms with Crippen molar-refractivity contribution < 1.29 is 9.66 Å². The Morgan fingerprint density at radius 2 is 2.00 bits per heavy atom. The molecule has 2 N–H and O–H groups in total. The van der Waals surface area contributed by atoms with Gasteiger partial charge < -0.3 is 10.5 Å². The minimum atomic E-state index is -0.541. The topological polar surface area (TPSA) is 96.2 Å². The Morgan fingerprint density at radius 1 is 1.37 bits per heavy atom. The first-order chi connectivity index (χ1) is 9.11. The van der Waals surface area contributed by atoms with E-state index in [1.807, 2.05) is 24.3 Å². The third-order valence-electron chi connectivity index (χ3n) is 2.72. The Labute approximate surface area is 109 Å². The van der Waals surface area contributed by atoms with E-state index >= 15 is 0 Å². The highest BCUT2D eigenvalue weighted by molar-refractivity contribution is 5.51. The summed E-state index contributed by atoms with van der Waals surface area (Å²) in [5.41, 5.74) is 7.52. The SMILES string of the molecule is COCc1ccc(Cn2ncc([N+](=O)[O-])c2N)cc1. The minimum absolute atomic E-state index is 0.0611. The lowest BCUT2D eigenvalue weighted by Gasteiger charge is -2.05. The van der Waals surface area contributed by atoms with E-state index in [0.717, 1.165) is 17.3 Å². The van der Waals surface area contributed by atoms with E-state index in [9.17, 15) is 10.1 Å². The zero-order chi connectivity index (χ0) is 13.8. The summed E-state index contributed by atoms with van der Waals surface area (Å²) in [7, 11) is 1.64. The number of hydrogen-bond acceptors (Lipinski definition) is 5. The fraction of sp³-hybridized carbons (Fsp3) is 0.250. The number of hydrogen-bond donors (Lipinski definition) is 1. The largest absolute Gasteiger partial charge is 0.380 e. The van der Waals surface area contributed by atoms with Crippen molar-refractivity contribution in [3.8, 4) is 0 Å². The highest BCUT2D eigenvalue weighted by atomic mass is 16.6. The first-order valence-electron chi connectivity index (χ1n) is 5.64. The van der Waals surface area contributed by atoms with Gasteiger partial charge in [-0.15, -0.1) is 0 Å². The molecule has 1 heterocycles. The maximum Gasteiger partial charge on any atom is 0.330 e. The van der Waals surface area contributed by atoms with Crippen LogP contribution < -0.4 is 5.73 Å². The van der Waals surface area contributed by atoms with Crippen molar-refractivity contribution in [1.29, 1.82) is 0 Å². The van der Waals surface area contributed by atoms with Crippen molar-refractivity contribution in [2.24, 2.45) is 0 Å². The molecule has 0 saturated carbocycles. The van der Waals surface area contributed by atoms with Crippen LogP contribution in [-0.4, -0.2) is 21.8 Å². The highest BCUT2D eigenvalue weighted by Crippen LogP contribution is 2.20. The molecule has 0 aliphatic heterocycles. The number of aromatic nitrogens is 2.